The van der Waals surface area contributed by atoms with E-state index < -0.39 is 0 Å². The highest BCUT2D eigenvalue weighted by atomic mass is 16.5. The predicted molar refractivity (Wildman–Crippen MR) is 51.5 cm³/mol. The number of nitrogens with two attached hydrogens (primary N) is 1. The quantitative estimate of drug-likeness (QED) is 0.179. The van der Waals surface area contributed by atoms with E-state index in [0.29, 0.717) is 26.4 Å². The topological polar surface area (TPSA) is 86.3 Å². The van der Waals surface area contributed by atoms with Gasteiger partial charge in [0.05, 0.1) is 13.2 Å². The zero-order chi connectivity index (χ0) is 10.6. The average Bonchev–Trinajstić information content (AvgIpc) is 2.21. The summed E-state index contributed by atoms with van der Waals surface area (Å²) in [4.78, 5) is 0. The van der Waals surface area contributed by atoms with E-state index in [4.69, 9.17) is 25.2 Å². The van der Waals surface area contributed by atoms with Crippen LogP contribution in [0.5, 0.6) is 0 Å². The summed E-state index contributed by atoms with van der Waals surface area (Å²) in [5, 5.41) is 10.9. The van der Waals surface area contributed by atoms with E-state index in [0.717, 1.165) is 6.42 Å². The van der Waals surface area contributed by atoms with Crippen LogP contribution >= 0.6 is 0 Å². The van der Waals surface area contributed by atoms with Gasteiger partial charge in [0.2, 0.25) is 0 Å². The van der Waals surface area contributed by atoms with Gasteiger partial charge >= 0.3 is 0 Å². The molecule has 0 heterocycles. The first kappa shape index (κ1) is 13.2. The molecule has 0 aromatic rings. The number of methoxy groups -OCH3 is 1. The molecule has 0 radical (unpaired) electrons. The van der Waals surface area contributed by atoms with Crippen LogP contribution in [0.3, 0.4) is 0 Å². The molecule has 0 atom stereocenters. The fourth-order valence-corrected chi connectivity index (χ4v) is 0.731. The predicted octanol–water partition coefficient (Wildman–Crippen LogP) is -0.197. The third-order valence-corrected chi connectivity index (χ3v) is 1.39. The molecule has 3 N–H and O–H groups in total. The molecule has 0 aromatic heterocycles. The molecule has 0 bridgehead atoms. The summed E-state index contributed by atoms with van der Waals surface area (Å²) in [5.41, 5.74) is 5.17. The number of amidine groups is 1. The Balaban J connectivity index is 2.99. The van der Waals surface area contributed by atoms with E-state index in [9.17, 15) is 0 Å². The maximum atomic E-state index is 8.17. The minimum atomic E-state index is 0.0596. The Morgan fingerprint density at radius 1 is 1.21 bits per heavy atom. The van der Waals surface area contributed by atoms with E-state index in [1.807, 2.05) is 0 Å². The summed E-state index contributed by atoms with van der Waals surface area (Å²) in [7, 11) is 1.65. The van der Waals surface area contributed by atoms with Crippen LogP contribution in [0, 0.1) is 0 Å². The van der Waals surface area contributed by atoms with Gasteiger partial charge in [0.1, 0.15) is 6.61 Å². The molecule has 0 aliphatic rings. The van der Waals surface area contributed by atoms with Crippen molar-refractivity contribution in [3.8, 4) is 0 Å². The molecule has 6 nitrogen and oxygen atoms in total. The van der Waals surface area contributed by atoms with Crippen molar-refractivity contribution in [3.05, 3.63) is 0 Å². The second-order valence-electron chi connectivity index (χ2n) is 2.60. The second-order valence-corrected chi connectivity index (χ2v) is 2.60. The molecule has 0 saturated carbocycles. The van der Waals surface area contributed by atoms with Crippen molar-refractivity contribution in [1.82, 2.24) is 0 Å². The van der Waals surface area contributed by atoms with Crippen LogP contribution in [-0.2, 0) is 14.2 Å². The van der Waals surface area contributed by atoms with Crippen molar-refractivity contribution in [2.24, 2.45) is 10.9 Å². The minimum absolute atomic E-state index is 0.0596. The van der Waals surface area contributed by atoms with Gasteiger partial charge in [-0.05, 0) is 6.42 Å². The van der Waals surface area contributed by atoms with Crippen LogP contribution < -0.4 is 5.73 Å². The van der Waals surface area contributed by atoms with Crippen LogP contribution in [0.2, 0.25) is 0 Å². The first-order valence-corrected chi connectivity index (χ1v) is 4.42. The molecule has 0 fully saturated rings. The Bertz CT molecular complexity index is 152. The van der Waals surface area contributed by atoms with Crippen molar-refractivity contribution in [3.63, 3.8) is 0 Å². The average molecular weight is 206 g/mol. The smallest absolute Gasteiger partial charge is 0.165 e. The van der Waals surface area contributed by atoms with Gasteiger partial charge in [-0.1, -0.05) is 5.16 Å². The van der Waals surface area contributed by atoms with E-state index in [-0.39, 0.29) is 12.4 Å². The molecular formula is C8H18N2O4. The number of rotatable bonds is 9. The van der Waals surface area contributed by atoms with E-state index in [1.54, 1.807) is 7.11 Å². The van der Waals surface area contributed by atoms with E-state index in [1.165, 1.54) is 0 Å². The second kappa shape index (κ2) is 10.2. The molecule has 0 rings (SSSR count). The van der Waals surface area contributed by atoms with Gasteiger partial charge in [0, 0.05) is 20.3 Å². The van der Waals surface area contributed by atoms with Crippen LogP contribution in [-0.4, -0.2) is 51.2 Å². The van der Waals surface area contributed by atoms with Gasteiger partial charge in [-0.25, -0.2) is 0 Å². The minimum Gasteiger partial charge on any atom is -0.409 e. The van der Waals surface area contributed by atoms with Crippen LogP contribution in [0.15, 0.2) is 5.16 Å². The molecule has 6 heteroatoms. The lowest BCUT2D eigenvalue weighted by Gasteiger charge is -2.04. The lowest BCUT2D eigenvalue weighted by molar-refractivity contribution is 0.0509. The molecule has 0 aliphatic carbocycles. The summed E-state index contributed by atoms with van der Waals surface area (Å²) in [6.45, 7) is 2.41. The molecular weight excluding hydrogens is 188 g/mol. The Morgan fingerprint density at radius 3 is 2.57 bits per heavy atom. The largest absolute Gasteiger partial charge is 0.409 e. The van der Waals surface area contributed by atoms with Crippen molar-refractivity contribution in [1.29, 1.82) is 0 Å². The fraction of sp³-hybridized carbons (Fsp3) is 0.875. The number of nitrogens with zero attached hydrogens (tertiary/aromatic N) is 1. The van der Waals surface area contributed by atoms with Crippen molar-refractivity contribution >= 4 is 5.84 Å². The Morgan fingerprint density at radius 2 is 1.93 bits per heavy atom. The maximum absolute atomic E-state index is 8.17. The highest BCUT2D eigenvalue weighted by Gasteiger charge is 1.93. The summed E-state index contributed by atoms with van der Waals surface area (Å²) in [6.07, 6.45) is 0.872. The Labute approximate surface area is 83.6 Å². The molecule has 0 amide bonds. The summed E-state index contributed by atoms with van der Waals surface area (Å²) in [5.74, 6) is 0.0596. The Hall–Kier alpha value is -0.850. The van der Waals surface area contributed by atoms with Gasteiger partial charge in [-0.15, -0.1) is 0 Å². The lowest BCUT2D eigenvalue weighted by atomic mass is 10.5. The van der Waals surface area contributed by atoms with Gasteiger partial charge in [-0.3, -0.25) is 0 Å². The third kappa shape index (κ3) is 9.24. The number of oxime groups is 1. The SMILES string of the molecule is COCCCOCCOCC(N)=NO. The maximum Gasteiger partial charge on any atom is 0.165 e. The van der Waals surface area contributed by atoms with Crippen molar-refractivity contribution < 1.29 is 19.4 Å². The summed E-state index contributed by atoms with van der Waals surface area (Å²) in [6, 6.07) is 0. The van der Waals surface area contributed by atoms with Gasteiger partial charge in [0.15, 0.2) is 5.84 Å². The molecule has 0 aromatic carbocycles. The van der Waals surface area contributed by atoms with Gasteiger partial charge in [-0.2, -0.15) is 0 Å². The standard InChI is InChI=1S/C8H18N2O4/c1-12-3-2-4-13-5-6-14-7-8(9)10-11/h11H,2-7H2,1H3,(H2,9,10). The molecule has 0 spiro atoms. The van der Waals surface area contributed by atoms with Gasteiger partial charge < -0.3 is 25.2 Å². The normalized spacial score (nSPS) is 11.9. The lowest BCUT2D eigenvalue weighted by Crippen LogP contribution is -2.20. The molecule has 0 unspecified atom stereocenters. The fourth-order valence-electron chi connectivity index (χ4n) is 0.731. The summed E-state index contributed by atoms with van der Waals surface area (Å²) < 4.78 is 15.1. The molecule has 0 aliphatic heterocycles. The molecule has 14 heavy (non-hydrogen) atoms. The monoisotopic (exact) mass is 206 g/mol. The van der Waals surface area contributed by atoms with Crippen LogP contribution in [0.4, 0.5) is 0 Å². The van der Waals surface area contributed by atoms with Crippen LogP contribution in [0.1, 0.15) is 6.42 Å². The zero-order valence-electron chi connectivity index (χ0n) is 8.44. The van der Waals surface area contributed by atoms with Gasteiger partial charge in [0.25, 0.3) is 0 Å². The zero-order valence-corrected chi connectivity index (χ0v) is 8.44. The van der Waals surface area contributed by atoms with Crippen molar-refractivity contribution in [2.75, 3.05) is 40.1 Å². The molecule has 0 saturated heterocycles. The van der Waals surface area contributed by atoms with Crippen molar-refractivity contribution in [2.45, 2.75) is 6.42 Å². The number of hydrogen-bond acceptors (Lipinski definition) is 5. The number of hydrogen-bond donors (Lipinski definition) is 2. The third-order valence-electron chi connectivity index (χ3n) is 1.39. The number of ether oxygens (including phenoxy) is 3. The first-order valence-electron chi connectivity index (χ1n) is 4.42. The van der Waals surface area contributed by atoms with E-state index in [2.05, 4.69) is 5.16 Å². The highest BCUT2D eigenvalue weighted by Crippen LogP contribution is 1.84. The van der Waals surface area contributed by atoms with Crippen LogP contribution in [0.25, 0.3) is 0 Å². The first-order chi connectivity index (χ1) is 6.81. The highest BCUT2D eigenvalue weighted by molar-refractivity contribution is 5.80. The summed E-state index contributed by atoms with van der Waals surface area (Å²) >= 11 is 0. The molecule has 84 valence electrons. The van der Waals surface area contributed by atoms with E-state index >= 15 is 0 Å². The Kier molecular flexibility index (Phi) is 9.61.